The highest BCUT2D eigenvalue weighted by Gasteiger charge is 2.11. The highest BCUT2D eigenvalue weighted by Crippen LogP contribution is 2.18. The number of nitro benzene ring substituents is 1. The monoisotopic (exact) mass is 417 g/mol. The molecule has 0 aromatic heterocycles. The van der Waals surface area contributed by atoms with E-state index in [0.717, 1.165) is 5.56 Å². The summed E-state index contributed by atoms with van der Waals surface area (Å²) < 4.78 is 18.6. The number of anilines is 1. The highest BCUT2D eigenvalue weighted by atomic mass is 19.1. The van der Waals surface area contributed by atoms with Crippen molar-refractivity contribution in [1.82, 2.24) is 0 Å². The summed E-state index contributed by atoms with van der Waals surface area (Å²) in [6.07, 6.45) is 1.42. The van der Waals surface area contributed by atoms with Crippen molar-refractivity contribution < 1.29 is 18.8 Å². The minimum absolute atomic E-state index is 0.101. The Hall–Kier alpha value is -4.51. The van der Waals surface area contributed by atoms with Crippen LogP contribution in [0.25, 0.3) is 6.08 Å². The number of non-ortho nitro benzene ring substituents is 1. The van der Waals surface area contributed by atoms with Crippen LogP contribution >= 0.6 is 0 Å². The first-order valence-corrected chi connectivity index (χ1v) is 9.09. The molecule has 0 saturated heterocycles. The van der Waals surface area contributed by atoms with Gasteiger partial charge in [-0.1, -0.05) is 24.3 Å². The zero-order valence-corrected chi connectivity index (χ0v) is 16.1. The molecule has 0 unspecified atom stereocenters. The van der Waals surface area contributed by atoms with Crippen molar-refractivity contribution in [3.05, 3.63) is 105 Å². The number of nitrogens with one attached hydrogen (secondary N) is 1. The van der Waals surface area contributed by atoms with Gasteiger partial charge in [-0.25, -0.2) is 4.39 Å². The molecule has 0 heterocycles. The molecule has 1 N–H and O–H groups in total. The number of carbonyl (C=O) groups is 1. The molecule has 0 saturated carbocycles. The van der Waals surface area contributed by atoms with Crippen LogP contribution in [0.15, 0.2) is 78.4 Å². The fraction of sp³-hybridized carbons (Fsp3) is 0.0435. The van der Waals surface area contributed by atoms with Crippen LogP contribution in [0.3, 0.4) is 0 Å². The van der Waals surface area contributed by atoms with E-state index in [0.29, 0.717) is 17.0 Å². The topological polar surface area (TPSA) is 105 Å². The molecule has 8 heteroatoms. The van der Waals surface area contributed by atoms with Crippen LogP contribution in [0.4, 0.5) is 15.8 Å². The SMILES string of the molecule is N#CC(=Cc1ccc(OCc2ccc(F)cc2)cc1)C(=O)Nc1ccc([N+](=O)[O-])cc1. The molecule has 3 rings (SSSR count). The summed E-state index contributed by atoms with van der Waals surface area (Å²) in [5, 5.41) is 22.5. The van der Waals surface area contributed by atoms with Gasteiger partial charge in [0.1, 0.15) is 29.8 Å². The molecule has 0 aliphatic rings. The molecule has 1 amide bonds. The van der Waals surface area contributed by atoms with Crippen LogP contribution in [0.2, 0.25) is 0 Å². The third-order valence-electron chi connectivity index (χ3n) is 4.21. The number of amides is 1. The Morgan fingerprint density at radius 2 is 1.71 bits per heavy atom. The second-order valence-electron chi connectivity index (χ2n) is 6.41. The summed E-state index contributed by atoms with van der Waals surface area (Å²) >= 11 is 0. The molecule has 31 heavy (non-hydrogen) atoms. The number of ether oxygens (including phenoxy) is 1. The Morgan fingerprint density at radius 1 is 1.06 bits per heavy atom. The van der Waals surface area contributed by atoms with Crippen molar-refractivity contribution in [2.24, 2.45) is 0 Å². The number of carbonyl (C=O) groups excluding carboxylic acids is 1. The number of nitriles is 1. The van der Waals surface area contributed by atoms with E-state index in [4.69, 9.17) is 4.74 Å². The molecule has 0 radical (unpaired) electrons. The van der Waals surface area contributed by atoms with Crippen LogP contribution in [0.5, 0.6) is 5.75 Å². The van der Waals surface area contributed by atoms with E-state index in [-0.39, 0.29) is 23.7 Å². The molecule has 0 fully saturated rings. The smallest absolute Gasteiger partial charge is 0.269 e. The van der Waals surface area contributed by atoms with Gasteiger partial charge in [0.2, 0.25) is 0 Å². The third-order valence-corrected chi connectivity index (χ3v) is 4.21. The van der Waals surface area contributed by atoms with Crippen molar-refractivity contribution in [3.8, 4) is 11.8 Å². The van der Waals surface area contributed by atoms with Gasteiger partial charge in [0.25, 0.3) is 11.6 Å². The zero-order valence-electron chi connectivity index (χ0n) is 16.1. The van der Waals surface area contributed by atoms with Gasteiger partial charge < -0.3 is 10.1 Å². The molecule has 0 aliphatic carbocycles. The van der Waals surface area contributed by atoms with E-state index in [2.05, 4.69) is 5.32 Å². The minimum Gasteiger partial charge on any atom is -0.489 e. The molecule has 7 nitrogen and oxygen atoms in total. The van der Waals surface area contributed by atoms with Gasteiger partial charge in [-0.15, -0.1) is 0 Å². The van der Waals surface area contributed by atoms with Crippen molar-refractivity contribution in [2.45, 2.75) is 6.61 Å². The Kier molecular flexibility index (Phi) is 6.71. The maximum absolute atomic E-state index is 12.9. The van der Waals surface area contributed by atoms with Gasteiger partial charge in [-0.05, 0) is 53.6 Å². The molecule has 3 aromatic carbocycles. The average Bonchev–Trinajstić information content (AvgIpc) is 2.78. The number of benzene rings is 3. The number of halogens is 1. The van der Waals surface area contributed by atoms with Gasteiger partial charge in [0.05, 0.1) is 4.92 Å². The predicted octanol–water partition coefficient (Wildman–Crippen LogP) is 4.86. The summed E-state index contributed by atoms with van der Waals surface area (Å²) in [6, 6.07) is 19.9. The first-order valence-electron chi connectivity index (χ1n) is 9.09. The van der Waals surface area contributed by atoms with E-state index in [1.54, 1.807) is 36.4 Å². The molecule has 154 valence electrons. The lowest BCUT2D eigenvalue weighted by atomic mass is 10.1. The maximum Gasteiger partial charge on any atom is 0.269 e. The van der Waals surface area contributed by atoms with E-state index in [1.807, 2.05) is 6.07 Å². The molecular formula is C23H16FN3O4. The molecule has 0 aliphatic heterocycles. The van der Waals surface area contributed by atoms with Gasteiger partial charge in [0, 0.05) is 17.8 Å². The lowest BCUT2D eigenvalue weighted by Gasteiger charge is -2.07. The van der Waals surface area contributed by atoms with E-state index < -0.39 is 10.8 Å². The summed E-state index contributed by atoms with van der Waals surface area (Å²) in [5.41, 5.74) is 1.54. The summed E-state index contributed by atoms with van der Waals surface area (Å²) in [5.74, 6) is -0.367. The Balaban J connectivity index is 1.63. The molecule has 0 spiro atoms. The number of nitrogens with zero attached hydrogens (tertiary/aromatic N) is 2. The molecule has 0 bridgehead atoms. The van der Waals surface area contributed by atoms with E-state index >= 15 is 0 Å². The Labute approximate surface area is 177 Å². The van der Waals surface area contributed by atoms with Gasteiger partial charge in [-0.2, -0.15) is 5.26 Å². The van der Waals surface area contributed by atoms with Crippen molar-refractivity contribution in [1.29, 1.82) is 5.26 Å². The maximum atomic E-state index is 12.9. The number of hydrogen-bond donors (Lipinski definition) is 1. The highest BCUT2D eigenvalue weighted by molar-refractivity contribution is 6.09. The van der Waals surface area contributed by atoms with E-state index in [1.165, 1.54) is 42.5 Å². The lowest BCUT2D eigenvalue weighted by molar-refractivity contribution is -0.384. The van der Waals surface area contributed by atoms with Gasteiger partial charge >= 0.3 is 0 Å². The molecule has 3 aromatic rings. The number of rotatable bonds is 7. The van der Waals surface area contributed by atoms with E-state index in [9.17, 15) is 24.6 Å². The third kappa shape index (κ3) is 5.98. The first-order chi connectivity index (χ1) is 14.9. The fourth-order valence-corrected chi connectivity index (χ4v) is 2.59. The summed E-state index contributed by atoms with van der Waals surface area (Å²) in [7, 11) is 0. The lowest BCUT2D eigenvalue weighted by Crippen LogP contribution is -2.13. The van der Waals surface area contributed by atoms with Crippen LogP contribution in [-0.4, -0.2) is 10.8 Å². The Morgan fingerprint density at radius 3 is 2.29 bits per heavy atom. The standard InChI is InChI=1S/C23H16FN3O4/c24-19-5-1-17(2-6-19)15-31-22-11-3-16(4-12-22)13-18(14-25)23(28)26-20-7-9-21(10-8-20)27(29)30/h1-13H,15H2,(H,26,28). The fourth-order valence-electron chi connectivity index (χ4n) is 2.59. The van der Waals surface area contributed by atoms with Crippen LogP contribution in [-0.2, 0) is 11.4 Å². The quantitative estimate of drug-likeness (QED) is 0.256. The Bertz CT molecular complexity index is 1150. The van der Waals surface area contributed by atoms with Crippen LogP contribution < -0.4 is 10.1 Å². The van der Waals surface area contributed by atoms with Crippen LogP contribution in [0.1, 0.15) is 11.1 Å². The van der Waals surface area contributed by atoms with Gasteiger partial charge in [0.15, 0.2) is 0 Å². The van der Waals surface area contributed by atoms with Crippen LogP contribution in [0, 0.1) is 27.3 Å². The first kappa shape index (κ1) is 21.2. The molecular weight excluding hydrogens is 401 g/mol. The zero-order chi connectivity index (χ0) is 22.2. The minimum atomic E-state index is -0.631. The average molecular weight is 417 g/mol. The summed E-state index contributed by atoms with van der Waals surface area (Å²) in [4.78, 5) is 22.5. The van der Waals surface area contributed by atoms with Crippen molar-refractivity contribution in [3.63, 3.8) is 0 Å². The normalized spacial score (nSPS) is 10.8. The predicted molar refractivity (Wildman–Crippen MR) is 112 cm³/mol. The van der Waals surface area contributed by atoms with Crippen molar-refractivity contribution >= 4 is 23.4 Å². The second kappa shape index (κ2) is 9.80. The van der Waals surface area contributed by atoms with Crippen molar-refractivity contribution in [2.75, 3.05) is 5.32 Å². The van der Waals surface area contributed by atoms with Gasteiger partial charge in [-0.3, -0.25) is 14.9 Å². The second-order valence-corrected chi connectivity index (χ2v) is 6.41. The number of nitro groups is 1. The molecule has 0 atom stereocenters. The summed E-state index contributed by atoms with van der Waals surface area (Å²) in [6.45, 7) is 0.274. The largest absolute Gasteiger partial charge is 0.489 e. The number of hydrogen-bond acceptors (Lipinski definition) is 5.